The Morgan fingerprint density at radius 2 is 2.12 bits per heavy atom. The minimum absolute atomic E-state index is 0.0289. The molecule has 24 heavy (non-hydrogen) atoms. The molecule has 4 bridgehead atoms. The second-order valence-corrected chi connectivity index (χ2v) is 9.89. The fourth-order valence-corrected chi connectivity index (χ4v) is 6.66. The van der Waals surface area contributed by atoms with Crippen LogP contribution in [0.5, 0.6) is 0 Å². The molecule has 4 nitrogen and oxygen atoms in total. The van der Waals surface area contributed by atoms with Crippen molar-refractivity contribution in [1.29, 1.82) is 0 Å². The van der Waals surface area contributed by atoms with Crippen molar-refractivity contribution < 1.29 is 9.90 Å². The third-order valence-corrected chi connectivity index (χ3v) is 7.26. The van der Waals surface area contributed by atoms with Gasteiger partial charge in [-0.05, 0) is 56.8 Å². The Kier molecular flexibility index (Phi) is 4.17. The van der Waals surface area contributed by atoms with Crippen molar-refractivity contribution in [1.82, 2.24) is 4.57 Å². The highest BCUT2D eigenvalue weighted by molar-refractivity contribution is 7.13. The van der Waals surface area contributed by atoms with Gasteiger partial charge in [0.15, 0.2) is 4.80 Å². The number of amides is 1. The number of thiazole rings is 1. The van der Waals surface area contributed by atoms with E-state index in [1.807, 2.05) is 10.8 Å². The minimum atomic E-state index is -0.624. The van der Waals surface area contributed by atoms with Crippen molar-refractivity contribution in [2.24, 2.45) is 22.2 Å². The van der Waals surface area contributed by atoms with E-state index in [1.165, 1.54) is 17.8 Å². The second kappa shape index (κ2) is 5.96. The number of carbonyl (C=O) groups is 1. The van der Waals surface area contributed by atoms with E-state index in [-0.39, 0.29) is 5.91 Å². The summed E-state index contributed by atoms with van der Waals surface area (Å²) < 4.78 is 2.67. The van der Waals surface area contributed by atoms with Crippen molar-refractivity contribution in [2.75, 3.05) is 0 Å². The van der Waals surface area contributed by atoms with E-state index in [0.717, 1.165) is 45.1 Å². The Balaban J connectivity index is 1.65. The molecular formula is C18H25ClN2O2S. The van der Waals surface area contributed by atoms with Gasteiger partial charge in [-0.3, -0.25) is 4.79 Å². The molecule has 1 aromatic heterocycles. The van der Waals surface area contributed by atoms with Gasteiger partial charge >= 0.3 is 0 Å². The van der Waals surface area contributed by atoms with Gasteiger partial charge in [0.05, 0.1) is 11.0 Å². The molecule has 0 radical (unpaired) electrons. The molecule has 4 fully saturated rings. The molecule has 132 valence electrons. The van der Waals surface area contributed by atoms with Crippen LogP contribution in [0.4, 0.5) is 0 Å². The molecule has 6 heteroatoms. The molecule has 1 N–H and O–H groups in total. The third-order valence-electron chi connectivity index (χ3n) is 6.13. The normalized spacial score (nSPS) is 38.0. The summed E-state index contributed by atoms with van der Waals surface area (Å²) in [5.74, 6) is 0.961. The molecule has 0 aromatic carbocycles. The van der Waals surface area contributed by atoms with Crippen LogP contribution in [0.3, 0.4) is 0 Å². The summed E-state index contributed by atoms with van der Waals surface area (Å²) in [5.41, 5.74) is -1.06. The first-order chi connectivity index (χ1) is 11.4. The number of hydrogen-bond acceptors (Lipinski definition) is 3. The lowest BCUT2D eigenvalue weighted by Gasteiger charge is -2.58. The van der Waals surface area contributed by atoms with Gasteiger partial charge in [0, 0.05) is 12.7 Å². The number of carbonyl (C=O) groups excluding carboxylic acids is 1. The van der Waals surface area contributed by atoms with E-state index in [4.69, 9.17) is 11.6 Å². The van der Waals surface area contributed by atoms with Gasteiger partial charge in [-0.2, -0.15) is 4.99 Å². The first-order valence-corrected chi connectivity index (χ1v) is 10.3. The van der Waals surface area contributed by atoms with Crippen LogP contribution < -0.4 is 4.80 Å². The summed E-state index contributed by atoms with van der Waals surface area (Å²) in [7, 11) is 0. The number of hydrogen-bond donors (Lipinski definition) is 1. The van der Waals surface area contributed by atoms with Gasteiger partial charge in [0.25, 0.3) is 5.91 Å². The maximum absolute atomic E-state index is 13.1. The fourth-order valence-electron chi connectivity index (χ4n) is 5.60. The standard InChI is InChI=1S/C18H25ClN2O2S/c1-2-3-4-21-10-14(19)24-16(21)20-15(22)17-6-12-5-13(7-17)9-18(23,8-12)11-17/h10,12-13,23H,2-9,11H2,1H3/b20-16-. The quantitative estimate of drug-likeness (QED) is 0.879. The average molecular weight is 369 g/mol. The maximum atomic E-state index is 13.1. The van der Waals surface area contributed by atoms with Crippen LogP contribution in [0.1, 0.15) is 58.3 Å². The summed E-state index contributed by atoms with van der Waals surface area (Å²) >= 11 is 7.53. The van der Waals surface area contributed by atoms with Gasteiger partial charge < -0.3 is 9.67 Å². The van der Waals surface area contributed by atoms with Gasteiger partial charge in [-0.15, -0.1) is 0 Å². The molecule has 0 aliphatic heterocycles. The van der Waals surface area contributed by atoms with Crippen LogP contribution >= 0.6 is 22.9 Å². The first-order valence-electron chi connectivity index (χ1n) is 9.09. The Bertz CT molecular complexity index is 709. The number of rotatable bonds is 4. The molecule has 5 rings (SSSR count). The monoisotopic (exact) mass is 368 g/mol. The van der Waals surface area contributed by atoms with Crippen molar-refractivity contribution >= 4 is 28.8 Å². The Morgan fingerprint density at radius 1 is 1.42 bits per heavy atom. The summed E-state index contributed by atoms with van der Waals surface area (Å²) in [6.45, 7) is 2.99. The number of nitrogens with zero attached hydrogens (tertiary/aromatic N) is 2. The molecule has 1 amide bonds. The van der Waals surface area contributed by atoms with Gasteiger partial charge in [-0.25, -0.2) is 0 Å². The van der Waals surface area contributed by atoms with Crippen molar-refractivity contribution in [3.63, 3.8) is 0 Å². The van der Waals surface area contributed by atoms with Crippen molar-refractivity contribution in [3.05, 3.63) is 15.3 Å². The van der Waals surface area contributed by atoms with Crippen LogP contribution in [0, 0.1) is 17.3 Å². The SMILES string of the molecule is CCCCn1cc(Cl)s/c1=N\C(=O)C12CC3CC(CC(O)(C3)C1)C2. The zero-order valence-electron chi connectivity index (χ0n) is 14.1. The van der Waals surface area contributed by atoms with E-state index in [0.29, 0.717) is 27.4 Å². The lowest BCUT2D eigenvalue weighted by molar-refractivity contribution is -0.175. The smallest absolute Gasteiger partial charge is 0.254 e. The Morgan fingerprint density at radius 3 is 2.75 bits per heavy atom. The largest absolute Gasteiger partial charge is 0.390 e. The molecule has 1 heterocycles. The zero-order valence-corrected chi connectivity index (χ0v) is 15.7. The predicted octanol–water partition coefficient (Wildman–Crippen LogP) is 3.76. The molecule has 4 aliphatic rings. The minimum Gasteiger partial charge on any atom is -0.390 e. The zero-order chi connectivity index (χ0) is 16.9. The van der Waals surface area contributed by atoms with E-state index < -0.39 is 11.0 Å². The third kappa shape index (κ3) is 2.89. The molecular weight excluding hydrogens is 344 g/mol. The number of halogens is 1. The number of aliphatic hydroxyl groups is 1. The maximum Gasteiger partial charge on any atom is 0.254 e. The highest BCUT2D eigenvalue weighted by Gasteiger charge is 2.60. The number of aromatic nitrogens is 1. The average Bonchev–Trinajstić information content (AvgIpc) is 2.82. The Labute approximate surface area is 151 Å². The predicted molar refractivity (Wildman–Crippen MR) is 94.9 cm³/mol. The topological polar surface area (TPSA) is 54.6 Å². The molecule has 0 spiro atoms. The second-order valence-electron chi connectivity index (χ2n) is 8.25. The highest BCUT2D eigenvalue weighted by atomic mass is 35.5. The van der Waals surface area contributed by atoms with Gasteiger partial charge in [0.1, 0.15) is 4.34 Å². The fraction of sp³-hybridized carbons (Fsp3) is 0.778. The van der Waals surface area contributed by atoms with Crippen LogP contribution in [-0.4, -0.2) is 21.2 Å². The highest BCUT2D eigenvalue weighted by Crippen LogP contribution is 2.61. The van der Waals surface area contributed by atoms with Crippen molar-refractivity contribution in [2.45, 2.75) is 70.4 Å². The lowest BCUT2D eigenvalue weighted by Crippen LogP contribution is -2.58. The van der Waals surface area contributed by atoms with Crippen molar-refractivity contribution in [3.8, 4) is 0 Å². The van der Waals surface area contributed by atoms with Crippen LogP contribution in [0.15, 0.2) is 11.2 Å². The van der Waals surface area contributed by atoms with E-state index in [9.17, 15) is 9.90 Å². The van der Waals surface area contributed by atoms with Crippen LogP contribution in [-0.2, 0) is 11.3 Å². The molecule has 2 unspecified atom stereocenters. The van der Waals surface area contributed by atoms with Crippen LogP contribution in [0.25, 0.3) is 0 Å². The summed E-state index contributed by atoms with van der Waals surface area (Å²) in [6, 6.07) is 0. The van der Waals surface area contributed by atoms with E-state index in [2.05, 4.69) is 11.9 Å². The van der Waals surface area contributed by atoms with Gasteiger partial charge in [-0.1, -0.05) is 36.3 Å². The van der Waals surface area contributed by atoms with E-state index in [1.54, 1.807) is 0 Å². The summed E-state index contributed by atoms with van der Waals surface area (Å²) in [4.78, 5) is 18.3. The number of aryl methyl sites for hydroxylation is 1. The van der Waals surface area contributed by atoms with Gasteiger partial charge in [0.2, 0.25) is 0 Å². The Hall–Kier alpha value is -0.650. The summed E-state index contributed by atoms with van der Waals surface area (Å²) in [5, 5.41) is 10.8. The van der Waals surface area contributed by atoms with E-state index >= 15 is 0 Å². The molecule has 1 aromatic rings. The lowest BCUT2D eigenvalue weighted by atomic mass is 9.47. The molecule has 4 saturated carbocycles. The molecule has 4 aliphatic carbocycles. The first kappa shape index (κ1) is 16.8. The molecule has 2 atom stereocenters. The number of unbranched alkanes of at least 4 members (excludes halogenated alkanes) is 1. The molecule has 0 saturated heterocycles. The summed E-state index contributed by atoms with van der Waals surface area (Å²) in [6.07, 6.45) is 9.35. The van der Waals surface area contributed by atoms with Crippen LogP contribution in [0.2, 0.25) is 4.34 Å².